The third-order valence-electron chi connectivity index (χ3n) is 5.85. The van der Waals surface area contributed by atoms with Crippen molar-refractivity contribution >= 4 is 44.0 Å². The molecule has 0 unspecified atom stereocenters. The molecule has 0 aliphatic rings. The van der Waals surface area contributed by atoms with E-state index in [0.717, 1.165) is 25.2 Å². The van der Waals surface area contributed by atoms with Gasteiger partial charge in [0.05, 0.1) is 21.7 Å². The van der Waals surface area contributed by atoms with Gasteiger partial charge in [-0.3, -0.25) is 4.72 Å². The molecule has 0 atom stereocenters. The largest absolute Gasteiger partial charge is 0.478 e. The fraction of sp³-hybridized carbons (Fsp3) is 0.200. The number of aromatic carboxylic acids is 1. The summed E-state index contributed by atoms with van der Waals surface area (Å²) in [6.45, 7) is 6.25. The Kier molecular flexibility index (Phi) is 6.86. The van der Waals surface area contributed by atoms with E-state index >= 15 is 0 Å². The number of carboxylic acid groups (broad SMARTS) is 1. The maximum atomic E-state index is 14.0. The number of nitrogens with zero attached hydrogens (tertiary/aromatic N) is 3. The van der Waals surface area contributed by atoms with Gasteiger partial charge in [0, 0.05) is 29.7 Å². The van der Waals surface area contributed by atoms with Crippen molar-refractivity contribution in [1.29, 1.82) is 0 Å². The summed E-state index contributed by atoms with van der Waals surface area (Å²) in [6.07, 6.45) is 6.54. The third kappa shape index (κ3) is 4.89. The zero-order chi connectivity index (χ0) is 25.2. The normalized spacial score (nSPS) is 12.2. The van der Waals surface area contributed by atoms with Crippen LogP contribution in [0.3, 0.4) is 0 Å². The number of carbonyl (C=O) groups is 1. The summed E-state index contributed by atoms with van der Waals surface area (Å²) in [5, 5.41) is 15.1. The van der Waals surface area contributed by atoms with E-state index in [2.05, 4.69) is 14.7 Å². The Hall–Kier alpha value is -3.76. The van der Waals surface area contributed by atoms with E-state index in [1.807, 2.05) is 13.8 Å². The molecule has 0 aliphatic carbocycles. The Morgan fingerprint density at radius 2 is 1.91 bits per heavy atom. The zero-order valence-electron chi connectivity index (χ0n) is 19.3. The van der Waals surface area contributed by atoms with E-state index in [9.17, 15) is 22.7 Å². The van der Waals surface area contributed by atoms with Crippen LogP contribution in [0, 0.1) is 5.82 Å². The maximum Gasteiger partial charge on any atom is 0.338 e. The summed E-state index contributed by atoms with van der Waals surface area (Å²) in [7, 11) is -4.24. The van der Waals surface area contributed by atoms with Gasteiger partial charge in [-0.1, -0.05) is 32.1 Å². The van der Waals surface area contributed by atoms with Crippen LogP contribution >= 0.6 is 0 Å². The van der Waals surface area contributed by atoms with Crippen LogP contribution < -0.4 is 4.72 Å². The quantitative estimate of drug-likeness (QED) is 0.354. The van der Waals surface area contributed by atoms with Crippen molar-refractivity contribution in [3.05, 3.63) is 77.9 Å². The predicted molar refractivity (Wildman–Crippen MR) is 134 cm³/mol. The molecule has 0 bridgehead atoms. The number of aromatic nitrogens is 2. The SMILES string of the molecule is CCN(CC)C/C=C\c1cc(F)ccc1S(=O)(=O)Nc1ccc2c(ccn3nccc23)c1C(=O)O. The van der Waals surface area contributed by atoms with Gasteiger partial charge < -0.3 is 10.0 Å². The van der Waals surface area contributed by atoms with Crippen molar-refractivity contribution in [2.24, 2.45) is 0 Å². The van der Waals surface area contributed by atoms with Crippen molar-refractivity contribution in [2.75, 3.05) is 24.4 Å². The first-order chi connectivity index (χ1) is 16.7. The first-order valence-corrected chi connectivity index (χ1v) is 12.6. The Labute approximate surface area is 202 Å². The molecule has 2 heterocycles. The fourth-order valence-corrected chi connectivity index (χ4v) is 5.28. The highest BCUT2D eigenvalue weighted by atomic mass is 32.2. The standard InChI is InChI=1S/C25H25FN4O4S/c1-3-29(4-2)14-5-6-17-16-18(26)7-10-23(17)35(33,34)28-21-9-8-19-20(24(21)25(31)32)12-15-30-22(19)11-13-27-30/h5-13,15-16,28H,3-4,14H2,1-2H3,(H,31,32)/b6-5-. The lowest BCUT2D eigenvalue weighted by molar-refractivity contribution is 0.0700. The van der Waals surface area contributed by atoms with E-state index in [-0.39, 0.29) is 21.7 Å². The van der Waals surface area contributed by atoms with Gasteiger partial charge in [-0.25, -0.2) is 22.1 Å². The van der Waals surface area contributed by atoms with Crippen molar-refractivity contribution in [3.8, 4) is 0 Å². The number of anilines is 1. The Morgan fingerprint density at radius 3 is 2.63 bits per heavy atom. The smallest absolute Gasteiger partial charge is 0.338 e. The number of hydrogen-bond acceptors (Lipinski definition) is 5. The minimum Gasteiger partial charge on any atom is -0.478 e. The summed E-state index contributed by atoms with van der Waals surface area (Å²) in [5.41, 5.74) is 0.591. The lowest BCUT2D eigenvalue weighted by Crippen LogP contribution is -2.22. The van der Waals surface area contributed by atoms with E-state index < -0.39 is 21.8 Å². The molecular weight excluding hydrogens is 471 g/mol. The molecule has 182 valence electrons. The second-order valence-corrected chi connectivity index (χ2v) is 9.56. The molecule has 0 radical (unpaired) electrons. The molecule has 4 aromatic rings. The molecule has 35 heavy (non-hydrogen) atoms. The number of halogens is 1. The van der Waals surface area contributed by atoms with E-state index in [1.54, 1.807) is 47.3 Å². The third-order valence-corrected chi connectivity index (χ3v) is 7.29. The van der Waals surface area contributed by atoms with Gasteiger partial charge in [0.1, 0.15) is 5.82 Å². The molecule has 0 saturated heterocycles. The second-order valence-electron chi connectivity index (χ2n) is 7.91. The molecule has 0 aliphatic heterocycles. The molecule has 0 amide bonds. The van der Waals surface area contributed by atoms with Crippen LogP contribution in [0.2, 0.25) is 0 Å². The number of hydrogen-bond donors (Lipinski definition) is 2. The lowest BCUT2D eigenvalue weighted by Gasteiger charge is -2.16. The van der Waals surface area contributed by atoms with E-state index in [0.29, 0.717) is 22.8 Å². The summed E-state index contributed by atoms with van der Waals surface area (Å²) < 4.78 is 44.7. The monoisotopic (exact) mass is 496 g/mol. The first kappa shape index (κ1) is 24.4. The minimum absolute atomic E-state index is 0.0868. The number of nitrogens with one attached hydrogen (secondary N) is 1. The molecular formula is C25H25FN4O4S. The number of sulfonamides is 1. The van der Waals surface area contributed by atoms with Crippen molar-refractivity contribution in [1.82, 2.24) is 14.5 Å². The van der Waals surface area contributed by atoms with Crippen LogP contribution in [-0.2, 0) is 10.0 Å². The van der Waals surface area contributed by atoms with Gasteiger partial charge in [-0.2, -0.15) is 5.10 Å². The molecule has 0 saturated carbocycles. The van der Waals surface area contributed by atoms with Crippen LogP contribution in [0.4, 0.5) is 10.1 Å². The number of likely N-dealkylation sites (N-methyl/N-ethyl adjacent to an activating group) is 1. The van der Waals surface area contributed by atoms with Crippen molar-refractivity contribution in [2.45, 2.75) is 18.7 Å². The highest BCUT2D eigenvalue weighted by Crippen LogP contribution is 2.31. The topological polar surface area (TPSA) is 104 Å². The Bertz CT molecular complexity index is 1540. The summed E-state index contributed by atoms with van der Waals surface area (Å²) in [4.78, 5) is 14.1. The van der Waals surface area contributed by atoms with Crippen LogP contribution in [-0.4, -0.2) is 53.6 Å². The van der Waals surface area contributed by atoms with Crippen molar-refractivity contribution in [3.63, 3.8) is 0 Å². The summed E-state index contributed by atoms with van der Waals surface area (Å²) in [6, 6.07) is 9.75. The van der Waals surface area contributed by atoms with Crippen LogP contribution in [0.15, 0.2) is 65.8 Å². The van der Waals surface area contributed by atoms with Crippen molar-refractivity contribution < 1.29 is 22.7 Å². The van der Waals surface area contributed by atoms with Crippen LogP contribution in [0.1, 0.15) is 29.8 Å². The van der Waals surface area contributed by atoms with Gasteiger partial charge in [0.25, 0.3) is 10.0 Å². The van der Waals surface area contributed by atoms with Gasteiger partial charge in [-0.05, 0) is 55.1 Å². The molecule has 0 spiro atoms. The average molecular weight is 497 g/mol. The van der Waals surface area contributed by atoms with Gasteiger partial charge >= 0.3 is 5.97 Å². The summed E-state index contributed by atoms with van der Waals surface area (Å²) in [5.74, 6) is -1.86. The number of benzene rings is 2. The molecule has 4 rings (SSSR count). The van der Waals surface area contributed by atoms with Gasteiger partial charge in [0.15, 0.2) is 0 Å². The number of fused-ring (bicyclic) bond motifs is 3. The molecule has 2 aromatic carbocycles. The van der Waals surface area contributed by atoms with E-state index in [1.165, 1.54) is 12.1 Å². The van der Waals surface area contributed by atoms with Crippen LogP contribution in [0.25, 0.3) is 22.4 Å². The average Bonchev–Trinajstić information content (AvgIpc) is 3.30. The molecule has 8 nitrogen and oxygen atoms in total. The minimum atomic E-state index is -4.24. The summed E-state index contributed by atoms with van der Waals surface area (Å²) >= 11 is 0. The predicted octanol–water partition coefficient (Wildman–Crippen LogP) is 4.48. The number of pyridine rings is 1. The molecule has 2 aromatic heterocycles. The first-order valence-electron chi connectivity index (χ1n) is 11.1. The number of carboxylic acids is 1. The van der Waals surface area contributed by atoms with Gasteiger partial charge in [-0.15, -0.1) is 0 Å². The Morgan fingerprint density at radius 1 is 1.14 bits per heavy atom. The maximum absolute atomic E-state index is 14.0. The highest BCUT2D eigenvalue weighted by Gasteiger charge is 2.23. The molecule has 10 heteroatoms. The van der Waals surface area contributed by atoms with E-state index in [4.69, 9.17) is 0 Å². The molecule has 0 fully saturated rings. The molecule has 2 N–H and O–H groups in total. The number of rotatable bonds is 9. The lowest BCUT2D eigenvalue weighted by atomic mass is 10.0. The van der Waals surface area contributed by atoms with Crippen LogP contribution in [0.5, 0.6) is 0 Å². The highest BCUT2D eigenvalue weighted by molar-refractivity contribution is 7.92. The second kappa shape index (κ2) is 9.85. The van der Waals surface area contributed by atoms with Gasteiger partial charge in [0.2, 0.25) is 0 Å². The zero-order valence-corrected chi connectivity index (χ0v) is 20.1. The Balaban J connectivity index is 1.76. The fourth-order valence-electron chi connectivity index (χ4n) is 4.03.